The lowest BCUT2D eigenvalue weighted by molar-refractivity contribution is -0.144. The van der Waals surface area contributed by atoms with E-state index in [0.29, 0.717) is 5.92 Å². The van der Waals surface area contributed by atoms with Crippen molar-refractivity contribution in [2.24, 2.45) is 0 Å². The summed E-state index contributed by atoms with van der Waals surface area (Å²) in [4.78, 5) is 30.6. The van der Waals surface area contributed by atoms with Gasteiger partial charge in [-0.1, -0.05) is 75.6 Å². The predicted molar refractivity (Wildman–Crippen MR) is 116 cm³/mol. The van der Waals surface area contributed by atoms with Gasteiger partial charge in [0.2, 0.25) is 5.91 Å². The predicted octanol–water partition coefficient (Wildman–Crippen LogP) is 5.06. The Morgan fingerprint density at radius 3 is 2.14 bits per heavy atom. The largest absolute Gasteiger partial charge is 0.328 e. The molecule has 4 nitrogen and oxygen atoms in total. The van der Waals surface area contributed by atoms with E-state index in [2.05, 4.69) is 26.0 Å². The molecule has 4 heteroatoms. The minimum atomic E-state index is -0.596. The summed E-state index contributed by atoms with van der Waals surface area (Å²) in [5.41, 5.74) is 2.91. The number of para-hydroxylation sites is 1. The first kappa shape index (κ1) is 19.7. The molecule has 0 aromatic heterocycles. The second-order valence-corrected chi connectivity index (χ2v) is 8.58. The maximum Gasteiger partial charge on any atom is 0.251 e. The summed E-state index contributed by atoms with van der Waals surface area (Å²) in [7, 11) is 0. The maximum atomic E-state index is 13.7. The molecule has 1 aliphatic heterocycles. The lowest BCUT2D eigenvalue weighted by Gasteiger charge is -2.44. The first-order valence-corrected chi connectivity index (χ1v) is 10.8. The van der Waals surface area contributed by atoms with Crippen LogP contribution in [-0.2, 0) is 9.59 Å². The van der Waals surface area contributed by atoms with Crippen LogP contribution in [0.4, 0.5) is 5.69 Å². The smallest absolute Gasteiger partial charge is 0.251 e. The summed E-state index contributed by atoms with van der Waals surface area (Å²) < 4.78 is 0. The SMILES string of the molecule is CC(C)c1ccc(C2C(=O)N(C3CCCCC3)CC(=O)N2c2ccccc2)cc1. The van der Waals surface area contributed by atoms with E-state index in [1.54, 1.807) is 4.90 Å². The lowest BCUT2D eigenvalue weighted by atomic mass is 9.91. The molecule has 2 aliphatic rings. The normalized spacial score (nSPS) is 21.1. The molecule has 152 valence electrons. The van der Waals surface area contributed by atoms with Gasteiger partial charge >= 0.3 is 0 Å². The highest BCUT2D eigenvalue weighted by Gasteiger charge is 2.43. The van der Waals surface area contributed by atoms with Crippen LogP contribution >= 0.6 is 0 Å². The number of hydrogen-bond acceptors (Lipinski definition) is 2. The second kappa shape index (κ2) is 8.40. The van der Waals surface area contributed by atoms with E-state index >= 15 is 0 Å². The Hall–Kier alpha value is -2.62. The average molecular weight is 391 g/mol. The molecule has 29 heavy (non-hydrogen) atoms. The van der Waals surface area contributed by atoms with Gasteiger partial charge in [-0.15, -0.1) is 0 Å². The Kier molecular flexibility index (Phi) is 5.70. The minimum Gasteiger partial charge on any atom is -0.328 e. The molecule has 1 unspecified atom stereocenters. The fourth-order valence-corrected chi connectivity index (χ4v) is 4.65. The molecule has 1 saturated carbocycles. The fourth-order valence-electron chi connectivity index (χ4n) is 4.65. The number of piperazine rings is 1. The Morgan fingerprint density at radius 2 is 1.52 bits per heavy atom. The molecule has 2 aromatic carbocycles. The monoisotopic (exact) mass is 390 g/mol. The van der Waals surface area contributed by atoms with Gasteiger partial charge in [0.1, 0.15) is 12.6 Å². The van der Waals surface area contributed by atoms with Gasteiger partial charge in [-0.3, -0.25) is 14.5 Å². The van der Waals surface area contributed by atoms with E-state index in [-0.39, 0.29) is 24.4 Å². The molecular weight excluding hydrogens is 360 g/mol. The number of anilines is 1. The molecule has 2 amide bonds. The van der Waals surface area contributed by atoms with Gasteiger partial charge < -0.3 is 4.90 Å². The number of rotatable bonds is 4. The molecule has 1 saturated heterocycles. The van der Waals surface area contributed by atoms with Crippen molar-refractivity contribution in [2.45, 2.75) is 64.0 Å². The van der Waals surface area contributed by atoms with Crippen LogP contribution in [0.5, 0.6) is 0 Å². The molecule has 2 aromatic rings. The second-order valence-electron chi connectivity index (χ2n) is 8.58. The Labute approximate surface area is 173 Å². The summed E-state index contributed by atoms with van der Waals surface area (Å²) in [6, 6.07) is 17.4. The number of benzene rings is 2. The van der Waals surface area contributed by atoms with Gasteiger partial charge in [0.25, 0.3) is 5.91 Å². The van der Waals surface area contributed by atoms with Crippen LogP contribution in [0.3, 0.4) is 0 Å². The summed E-state index contributed by atoms with van der Waals surface area (Å²) >= 11 is 0. The number of carbonyl (C=O) groups excluding carboxylic acids is 2. The van der Waals surface area contributed by atoms with E-state index in [9.17, 15) is 9.59 Å². The highest BCUT2D eigenvalue weighted by Crippen LogP contribution is 2.35. The Balaban J connectivity index is 1.73. The van der Waals surface area contributed by atoms with E-state index in [0.717, 1.165) is 36.9 Å². The van der Waals surface area contributed by atoms with Gasteiger partial charge in [-0.2, -0.15) is 0 Å². The summed E-state index contributed by atoms with van der Waals surface area (Å²) in [5.74, 6) is 0.480. The van der Waals surface area contributed by atoms with Crippen molar-refractivity contribution in [3.05, 3.63) is 65.7 Å². The molecule has 0 N–H and O–H groups in total. The van der Waals surface area contributed by atoms with Gasteiger partial charge in [0, 0.05) is 11.7 Å². The third-order valence-electron chi connectivity index (χ3n) is 6.32. The first-order chi connectivity index (χ1) is 14.1. The van der Waals surface area contributed by atoms with Crippen LogP contribution in [0.25, 0.3) is 0 Å². The van der Waals surface area contributed by atoms with Crippen LogP contribution in [0, 0.1) is 0 Å². The molecule has 1 aliphatic carbocycles. The van der Waals surface area contributed by atoms with Crippen molar-refractivity contribution >= 4 is 17.5 Å². The number of amides is 2. The number of hydrogen-bond donors (Lipinski definition) is 0. The van der Waals surface area contributed by atoms with E-state index in [4.69, 9.17) is 0 Å². The van der Waals surface area contributed by atoms with E-state index < -0.39 is 6.04 Å². The zero-order valence-electron chi connectivity index (χ0n) is 17.4. The van der Waals surface area contributed by atoms with Crippen LogP contribution in [0.2, 0.25) is 0 Å². The zero-order valence-corrected chi connectivity index (χ0v) is 17.4. The third kappa shape index (κ3) is 3.93. The average Bonchev–Trinajstić information content (AvgIpc) is 2.76. The molecule has 1 atom stereocenters. The molecule has 0 spiro atoms. The zero-order chi connectivity index (χ0) is 20.4. The molecular formula is C25H30N2O2. The van der Waals surface area contributed by atoms with E-state index in [1.807, 2.05) is 47.4 Å². The van der Waals surface area contributed by atoms with Crippen molar-refractivity contribution in [1.29, 1.82) is 0 Å². The van der Waals surface area contributed by atoms with Crippen LogP contribution < -0.4 is 4.90 Å². The van der Waals surface area contributed by atoms with Crippen molar-refractivity contribution < 1.29 is 9.59 Å². The minimum absolute atomic E-state index is 0.000639. The van der Waals surface area contributed by atoms with Crippen molar-refractivity contribution in [3.63, 3.8) is 0 Å². The fraction of sp³-hybridized carbons (Fsp3) is 0.440. The summed E-state index contributed by atoms with van der Waals surface area (Å²) in [6.45, 7) is 4.50. The van der Waals surface area contributed by atoms with Gasteiger partial charge in [0.05, 0.1) is 0 Å². The van der Waals surface area contributed by atoms with Crippen molar-refractivity contribution in [2.75, 3.05) is 11.4 Å². The highest BCUT2D eigenvalue weighted by molar-refractivity contribution is 6.07. The molecule has 0 bridgehead atoms. The standard InChI is InChI=1S/C25H30N2O2/c1-18(2)19-13-15-20(16-14-19)24-25(29)26(21-9-5-3-6-10-21)17-23(28)27(24)22-11-7-4-8-12-22/h4,7-8,11-16,18,21,24H,3,5-6,9-10,17H2,1-2H3. The van der Waals surface area contributed by atoms with Crippen LogP contribution in [-0.4, -0.2) is 29.3 Å². The van der Waals surface area contributed by atoms with Crippen LogP contribution in [0.1, 0.15) is 69.0 Å². The van der Waals surface area contributed by atoms with Crippen LogP contribution in [0.15, 0.2) is 54.6 Å². The molecule has 4 rings (SSSR count). The number of carbonyl (C=O) groups is 2. The molecule has 2 fully saturated rings. The topological polar surface area (TPSA) is 40.6 Å². The number of nitrogens with zero attached hydrogens (tertiary/aromatic N) is 2. The highest BCUT2D eigenvalue weighted by atomic mass is 16.2. The quantitative estimate of drug-likeness (QED) is 0.732. The van der Waals surface area contributed by atoms with Gasteiger partial charge in [-0.05, 0) is 42.0 Å². The Bertz CT molecular complexity index is 854. The first-order valence-electron chi connectivity index (χ1n) is 10.8. The molecule has 1 heterocycles. The van der Waals surface area contributed by atoms with Gasteiger partial charge in [0.15, 0.2) is 0 Å². The van der Waals surface area contributed by atoms with E-state index in [1.165, 1.54) is 12.0 Å². The van der Waals surface area contributed by atoms with Crippen molar-refractivity contribution in [3.8, 4) is 0 Å². The van der Waals surface area contributed by atoms with Gasteiger partial charge in [-0.25, -0.2) is 0 Å². The summed E-state index contributed by atoms with van der Waals surface area (Å²) in [5, 5.41) is 0. The van der Waals surface area contributed by atoms with Crippen molar-refractivity contribution in [1.82, 2.24) is 4.90 Å². The maximum absolute atomic E-state index is 13.7. The lowest BCUT2D eigenvalue weighted by Crippen LogP contribution is -2.58. The summed E-state index contributed by atoms with van der Waals surface area (Å²) in [6.07, 6.45) is 5.51. The Morgan fingerprint density at radius 1 is 0.862 bits per heavy atom. The third-order valence-corrected chi connectivity index (χ3v) is 6.32. The molecule has 0 radical (unpaired) electrons.